The minimum absolute atomic E-state index is 0.0557. The second-order valence-electron chi connectivity index (χ2n) is 5.35. The third-order valence-electron chi connectivity index (χ3n) is 3.93. The molecule has 5 nitrogen and oxygen atoms in total. The molecule has 5 heteroatoms. The Kier molecular flexibility index (Phi) is 3.78. The van der Waals surface area contributed by atoms with Crippen molar-refractivity contribution in [2.75, 3.05) is 32.8 Å². The van der Waals surface area contributed by atoms with E-state index in [1.54, 1.807) is 6.07 Å². The molecule has 2 N–H and O–H groups in total. The lowest BCUT2D eigenvalue weighted by Gasteiger charge is -2.32. The lowest BCUT2D eigenvalue weighted by molar-refractivity contribution is 0.0677. The van der Waals surface area contributed by atoms with E-state index in [-0.39, 0.29) is 5.91 Å². The normalized spacial score (nSPS) is 21.6. The van der Waals surface area contributed by atoms with Crippen LogP contribution in [0.3, 0.4) is 0 Å². The molecule has 1 aromatic rings. The molecule has 1 saturated heterocycles. The van der Waals surface area contributed by atoms with E-state index in [2.05, 4.69) is 0 Å². The number of rotatable bonds is 2. The second kappa shape index (κ2) is 5.71. The number of benzene rings is 1. The summed E-state index contributed by atoms with van der Waals surface area (Å²) in [6.07, 6.45) is 2.14. The smallest absolute Gasteiger partial charge is 0.254 e. The van der Waals surface area contributed by atoms with Gasteiger partial charge in [-0.15, -0.1) is 0 Å². The molecule has 0 bridgehead atoms. The van der Waals surface area contributed by atoms with Crippen LogP contribution >= 0.6 is 0 Å². The summed E-state index contributed by atoms with van der Waals surface area (Å²) in [4.78, 5) is 14.4. The average molecular weight is 276 g/mol. The zero-order valence-electron chi connectivity index (χ0n) is 11.5. The van der Waals surface area contributed by atoms with E-state index >= 15 is 0 Å². The van der Waals surface area contributed by atoms with Crippen molar-refractivity contribution < 1.29 is 14.3 Å². The van der Waals surface area contributed by atoms with E-state index in [0.29, 0.717) is 42.7 Å². The van der Waals surface area contributed by atoms with Gasteiger partial charge >= 0.3 is 0 Å². The van der Waals surface area contributed by atoms with Crippen LogP contribution in [0, 0.1) is 5.92 Å². The van der Waals surface area contributed by atoms with E-state index in [1.165, 1.54) is 0 Å². The summed E-state index contributed by atoms with van der Waals surface area (Å²) >= 11 is 0. The van der Waals surface area contributed by atoms with Crippen LogP contribution < -0.4 is 15.2 Å². The number of fused-ring (bicyclic) bond motifs is 1. The van der Waals surface area contributed by atoms with Crippen molar-refractivity contribution in [2.45, 2.75) is 12.8 Å². The van der Waals surface area contributed by atoms with Gasteiger partial charge in [-0.2, -0.15) is 0 Å². The first-order valence-corrected chi connectivity index (χ1v) is 7.17. The summed E-state index contributed by atoms with van der Waals surface area (Å²) in [6, 6.07) is 5.40. The molecule has 0 aliphatic carbocycles. The molecule has 20 heavy (non-hydrogen) atoms. The molecule has 108 valence electrons. The molecule has 1 amide bonds. The molecule has 0 radical (unpaired) electrons. The van der Waals surface area contributed by atoms with Gasteiger partial charge in [0.1, 0.15) is 13.2 Å². The van der Waals surface area contributed by atoms with Crippen LogP contribution in [0.2, 0.25) is 0 Å². The Bertz CT molecular complexity index is 504. The summed E-state index contributed by atoms with van der Waals surface area (Å²) in [5, 5.41) is 0. The highest BCUT2D eigenvalue weighted by Gasteiger charge is 2.24. The predicted octanol–water partition coefficient (Wildman–Crippen LogP) is 1.27. The Hall–Kier alpha value is -1.75. The van der Waals surface area contributed by atoms with Crippen LogP contribution in [0.4, 0.5) is 0 Å². The molecule has 1 aromatic carbocycles. The first-order chi connectivity index (χ1) is 9.78. The molecule has 2 heterocycles. The highest BCUT2D eigenvalue weighted by atomic mass is 16.6. The van der Waals surface area contributed by atoms with Gasteiger partial charge in [0.15, 0.2) is 11.5 Å². The number of ether oxygens (including phenoxy) is 2. The van der Waals surface area contributed by atoms with Crippen molar-refractivity contribution >= 4 is 5.91 Å². The molecule has 0 aromatic heterocycles. The van der Waals surface area contributed by atoms with Crippen LogP contribution in [0.5, 0.6) is 11.5 Å². The van der Waals surface area contributed by atoms with Crippen LogP contribution in [0.1, 0.15) is 23.2 Å². The fourth-order valence-electron chi connectivity index (χ4n) is 2.80. The molecule has 1 atom stereocenters. The van der Waals surface area contributed by atoms with E-state index in [0.717, 1.165) is 25.9 Å². The Morgan fingerprint density at radius 3 is 2.90 bits per heavy atom. The monoisotopic (exact) mass is 276 g/mol. The van der Waals surface area contributed by atoms with E-state index < -0.39 is 0 Å². The first-order valence-electron chi connectivity index (χ1n) is 7.17. The number of hydrogen-bond acceptors (Lipinski definition) is 4. The molecule has 2 aliphatic rings. The third-order valence-corrected chi connectivity index (χ3v) is 3.93. The SMILES string of the molecule is NC[C@@H]1CCCN(C(=O)c2ccc3c(c2)OCCO3)C1. The maximum atomic E-state index is 12.5. The number of piperidine rings is 1. The summed E-state index contributed by atoms with van der Waals surface area (Å²) in [5.41, 5.74) is 6.38. The van der Waals surface area contributed by atoms with Crippen molar-refractivity contribution in [2.24, 2.45) is 11.7 Å². The topological polar surface area (TPSA) is 64.8 Å². The molecule has 3 rings (SSSR count). The predicted molar refractivity (Wildman–Crippen MR) is 75.1 cm³/mol. The number of likely N-dealkylation sites (tertiary alicyclic amines) is 1. The van der Waals surface area contributed by atoms with Gasteiger partial charge in [-0.1, -0.05) is 0 Å². The first kappa shape index (κ1) is 13.2. The zero-order valence-corrected chi connectivity index (χ0v) is 11.5. The molecule has 2 aliphatic heterocycles. The maximum absolute atomic E-state index is 12.5. The number of carbonyl (C=O) groups excluding carboxylic acids is 1. The van der Waals surface area contributed by atoms with Crippen molar-refractivity contribution in [3.8, 4) is 11.5 Å². The van der Waals surface area contributed by atoms with E-state index in [4.69, 9.17) is 15.2 Å². The van der Waals surface area contributed by atoms with E-state index in [1.807, 2.05) is 17.0 Å². The van der Waals surface area contributed by atoms with Gasteiger partial charge in [-0.05, 0) is 43.5 Å². The molecule has 1 fully saturated rings. The molecular formula is C15H20N2O3. The largest absolute Gasteiger partial charge is 0.486 e. The fourth-order valence-corrected chi connectivity index (χ4v) is 2.80. The van der Waals surface area contributed by atoms with Crippen molar-refractivity contribution in [3.05, 3.63) is 23.8 Å². The maximum Gasteiger partial charge on any atom is 0.254 e. The van der Waals surface area contributed by atoms with Gasteiger partial charge in [-0.3, -0.25) is 4.79 Å². The third kappa shape index (κ3) is 2.58. The van der Waals surface area contributed by atoms with Gasteiger partial charge in [0.05, 0.1) is 0 Å². The highest BCUT2D eigenvalue weighted by Crippen LogP contribution is 2.31. The zero-order chi connectivity index (χ0) is 13.9. The number of carbonyl (C=O) groups is 1. The average Bonchev–Trinajstić information content (AvgIpc) is 2.53. The summed E-state index contributed by atoms with van der Waals surface area (Å²) in [5.74, 6) is 1.85. The summed E-state index contributed by atoms with van der Waals surface area (Å²) in [7, 11) is 0. The highest BCUT2D eigenvalue weighted by molar-refractivity contribution is 5.95. The number of nitrogens with two attached hydrogens (primary N) is 1. The van der Waals surface area contributed by atoms with Crippen molar-refractivity contribution in [1.29, 1.82) is 0 Å². The summed E-state index contributed by atoms with van der Waals surface area (Å²) < 4.78 is 11.0. The van der Waals surface area contributed by atoms with Crippen molar-refractivity contribution in [1.82, 2.24) is 4.90 Å². The minimum Gasteiger partial charge on any atom is -0.486 e. The molecule has 0 spiro atoms. The number of nitrogens with zero attached hydrogens (tertiary/aromatic N) is 1. The van der Waals surface area contributed by atoms with Gasteiger partial charge in [-0.25, -0.2) is 0 Å². The Morgan fingerprint density at radius 1 is 1.30 bits per heavy atom. The number of hydrogen-bond donors (Lipinski definition) is 1. The summed E-state index contributed by atoms with van der Waals surface area (Å²) in [6.45, 7) is 3.30. The lowest BCUT2D eigenvalue weighted by atomic mass is 9.97. The minimum atomic E-state index is 0.0557. The standard InChI is InChI=1S/C15H20N2O3/c16-9-11-2-1-5-17(10-11)15(18)12-3-4-13-14(8-12)20-7-6-19-13/h3-4,8,11H,1-2,5-7,9-10,16H2/t11-/m0/s1. The Labute approximate surface area is 118 Å². The van der Waals surface area contributed by atoms with Crippen LogP contribution in [0.15, 0.2) is 18.2 Å². The van der Waals surface area contributed by atoms with Gasteiger partial charge in [0.25, 0.3) is 5.91 Å². The van der Waals surface area contributed by atoms with Gasteiger partial charge < -0.3 is 20.1 Å². The molecular weight excluding hydrogens is 256 g/mol. The molecule has 0 unspecified atom stereocenters. The Morgan fingerprint density at radius 2 is 2.10 bits per heavy atom. The second-order valence-corrected chi connectivity index (χ2v) is 5.35. The van der Waals surface area contributed by atoms with Crippen LogP contribution in [-0.4, -0.2) is 43.7 Å². The van der Waals surface area contributed by atoms with Crippen molar-refractivity contribution in [3.63, 3.8) is 0 Å². The quantitative estimate of drug-likeness (QED) is 0.883. The van der Waals surface area contributed by atoms with Crippen LogP contribution in [0.25, 0.3) is 0 Å². The van der Waals surface area contributed by atoms with Gasteiger partial charge in [0.2, 0.25) is 0 Å². The molecule has 0 saturated carbocycles. The Balaban J connectivity index is 1.76. The van der Waals surface area contributed by atoms with E-state index in [9.17, 15) is 4.79 Å². The van der Waals surface area contributed by atoms with Gasteiger partial charge in [0, 0.05) is 18.7 Å². The fraction of sp³-hybridized carbons (Fsp3) is 0.533. The number of amides is 1. The van der Waals surface area contributed by atoms with Crippen LogP contribution in [-0.2, 0) is 0 Å². The lowest BCUT2D eigenvalue weighted by Crippen LogP contribution is -2.42.